The Bertz CT molecular complexity index is 468. The zero-order valence-corrected chi connectivity index (χ0v) is 12.2. The Hall–Kier alpha value is -1.91. The Balaban J connectivity index is 1.88. The Morgan fingerprint density at radius 1 is 1.45 bits per heavy atom. The fraction of sp³-hybridized carbons (Fsp3) is 0.533. The number of piperidine rings is 1. The van der Waals surface area contributed by atoms with Gasteiger partial charge in [-0.2, -0.15) is 0 Å². The topological polar surface area (TPSA) is 67.6 Å². The summed E-state index contributed by atoms with van der Waals surface area (Å²) in [5, 5.41) is 3.52. The maximum atomic E-state index is 11.6. The van der Waals surface area contributed by atoms with E-state index in [-0.39, 0.29) is 6.09 Å². The lowest BCUT2D eigenvalue weighted by atomic mass is 10.0. The molecule has 5 nitrogen and oxygen atoms in total. The molecule has 0 spiro atoms. The molecule has 1 saturated heterocycles. The van der Waals surface area contributed by atoms with E-state index in [1.807, 2.05) is 32.0 Å². The number of carbonyl (C=O) groups excluding carboxylic acids is 1. The number of likely N-dealkylation sites (tertiary alicyclic amines) is 1. The standard InChI is InChI=1S/C15H23N3O2/c1-3-20-15(19)18-9-7-12(8-10-18)17-14-6-4-5-13(16)11(14)2/h4-6,12,17H,3,7-10,16H2,1-2H3. The smallest absolute Gasteiger partial charge is 0.409 e. The van der Waals surface area contributed by atoms with E-state index < -0.39 is 0 Å². The predicted octanol–water partition coefficient (Wildman–Crippen LogP) is 2.61. The molecule has 0 unspecified atom stereocenters. The molecule has 0 aromatic heterocycles. The van der Waals surface area contributed by atoms with Crippen molar-refractivity contribution in [1.29, 1.82) is 0 Å². The highest BCUT2D eigenvalue weighted by Crippen LogP contribution is 2.23. The van der Waals surface area contributed by atoms with Gasteiger partial charge in [0, 0.05) is 30.5 Å². The number of hydrogen-bond donors (Lipinski definition) is 2. The van der Waals surface area contributed by atoms with Gasteiger partial charge in [0.2, 0.25) is 0 Å². The first kappa shape index (κ1) is 14.5. The molecular weight excluding hydrogens is 254 g/mol. The summed E-state index contributed by atoms with van der Waals surface area (Å²) in [5.41, 5.74) is 8.88. The van der Waals surface area contributed by atoms with Crippen LogP contribution >= 0.6 is 0 Å². The molecule has 0 aliphatic carbocycles. The van der Waals surface area contributed by atoms with Gasteiger partial charge in [0.15, 0.2) is 0 Å². The van der Waals surface area contributed by atoms with E-state index in [0.29, 0.717) is 12.6 Å². The quantitative estimate of drug-likeness (QED) is 0.833. The maximum absolute atomic E-state index is 11.6. The van der Waals surface area contributed by atoms with Gasteiger partial charge in [-0.15, -0.1) is 0 Å². The monoisotopic (exact) mass is 277 g/mol. The van der Waals surface area contributed by atoms with Gasteiger partial charge in [-0.25, -0.2) is 4.79 Å². The molecule has 3 N–H and O–H groups in total. The average molecular weight is 277 g/mol. The lowest BCUT2D eigenvalue weighted by Gasteiger charge is -2.32. The largest absolute Gasteiger partial charge is 0.450 e. The lowest BCUT2D eigenvalue weighted by Crippen LogP contribution is -2.42. The number of nitrogens with two attached hydrogens (primary N) is 1. The molecule has 1 aromatic carbocycles. The maximum Gasteiger partial charge on any atom is 0.409 e. The highest BCUT2D eigenvalue weighted by atomic mass is 16.6. The second-order valence-electron chi connectivity index (χ2n) is 5.12. The molecule has 0 atom stereocenters. The molecule has 1 fully saturated rings. The number of amides is 1. The van der Waals surface area contributed by atoms with E-state index in [4.69, 9.17) is 10.5 Å². The third-order valence-corrected chi connectivity index (χ3v) is 3.76. The van der Waals surface area contributed by atoms with Crippen molar-refractivity contribution >= 4 is 17.5 Å². The van der Waals surface area contributed by atoms with Crippen LogP contribution in [-0.4, -0.2) is 36.7 Å². The minimum atomic E-state index is -0.203. The molecule has 5 heteroatoms. The third-order valence-electron chi connectivity index (χ3n) is 3.76. The third kappa shape index (κ3) is 3.35. The summed E-state index contributed by atoms with van der Waals surface area (Å²) in [7, 11) is 0. The van der Waals surface area contributed by atoms with Crippen LogP contribution in [0.4, 0.5) is 16.2 Å². The summed E-state index contributed by atoms with van der Waals surface area (Å²) >= 11 is 0. The van der Waals surface area contributed by atoms with Crippen LogP contribution in [0, 0.1) is 6.92 Å². The van der Waals surface area contributed by atoms with E-state index in [9.17, 15) is 4.79 Å². The number of hydrogen-bond acceptors (Lipinski definition) is 4. The van der Waals surface area contributed by atoms with Crippen LogP contribution in [0.2, 0.25) is 0 Å². The minimum absolute atomic E-state index is 0.203. The SMILES string of the molecule is CCOC(=O)N1CCC(Nc2cccc(N)c2C)CC1. The van der Waals surface area contributed by atoms with Crippen molar-refractivity contribution in [1.82, 2.24) is 4.90 Å². The molecule has 1 heterocycles. The van der Waals surface area contributed by atoms with E-state index in [1.165, 1.54) is 0 Å². The van der Waals surface area contributed by atoms with Crippen molar-refractivity contribution in [2.24, 2.45) is 0 Å². The Kier molecular flexibility index (Phi) is 4.71. The molecule has 1 aliphatic heterocycles. The summed E-state index contributed by atoms with van der Waals surface area (Å²) in [4.78, 5) is 13.4. The number of nitrogens with one attached hydrogen (secondary N) is 1. The van der Waals surface area contributed by atoms with E-state index >= 15 is 0 Å². The summed E-state index contributed by atoms with van der Waals surface area (Å²) in [6, 6.07) is 6.28. The van der Waals surface area contributed by atoms with Crippen LogP contribution < -0.4 is 11.1 Å². The molecule has 1 aromatic rings. The van der Waals surface area contributed by atoms with Crippen molar-refractivity contribution in [3.05, 3.63) is 23.8 Å². The number of nitrogen functional groups attached to an aromatic ring is 1. The number of carbonyl (C=O) groups is 1. The molecule has 2 rings (SSSR count). The van der Waals surface area contributed by atoms with Gasteiger partial charge in [0.05, 0.1) is 6.61 Å². The molecule has 1 aliphatic rings. The first-order chi connectivity index (χ1) is 9.61. The van der Waals surface area contributed by atoms with Crippen LogP contribution in [0.5, 0.6) is 0 Å². The number of ether oxygens (including phenoxy) is 1. The van der Waals surface area contributed by atoms with Crippen molar-refractivity contribution in [2.45, 2.75) is 32.7 Å². The lowest BCUT2D eigenvalue weighted by molar-refractivity contribution is 0.0983. The van der Waals surface area contributed by atoms with Gasteiger partial charge in [0.1, 0.15) is 0 Å². The first-order valence-corrected chi connectivity index (χ1v) is 7.15. The second kappa shape index (κ2) is 6.50. The summed E-state index contributed by atoms with van der Waals surface area (Å²) in [6.07, 6.45) is 1.64. The van der Waals surface area contributed by atoms with Crippen LogP contribution in [-0.2, 0) is 4.74 Å². The van der Waals surface area contributed by atoms with Crippen molar-refractivity contribution in [3.8, 4) is 0 Å². The molecule has 0 saturated carbocycles. The highest BCUT2D eigenvalue weighted by Gasteiger charge is 2.23. The highest BCUT2D eigenvalue weighted by molar-refractivity contribution is 5.68. The van der Waals surface area contributed by atoms with Crippen molar-refractivity contribution in [2.75, 3.05) is 30.7 Å². The normalized spacial score (nSPS) is 16.0. The van der Waals surface area contributed by atoms with Gasteiger partial charge in [-0.3, -0.25) is 0 Å². The van der Waals surface area contributed by atoms with E-state index in [0.717, 1.165) is 42.9 Å². The first-order valence-electron chi connectivity index (χ1n) is 7.15. The molecule has 0 bridgehead atoms. The Morgan fingerprint density at radius 3 is 2.80 bits per heavy atom. The van der Waals surface area contributed by atoms with E-state index in [2.05, 4.69) is 5.32 Å². The van der Waals surface area contributed by atoms with Crippen LogP contribution in [0.1, 0.15) is 25.3 Å². The zero-order valence-electron chi connectivity index (χ0n) is 12.2. The zero-order chi connectivity index (χ0) is 14.5. The van der Waals surface area contributed by atoms with Gasteiger partial charge in [-0.05, 0) is 44.4 Å². The molecular formula is C15H23N3O2. The summed E-state index contributed by atoms with van der Waals surface area (Å²) < 4.78 is 5.02. The Morgan fingerprint density at radius 2 is 2.15 bits per heavy atom. The fourth-order valence-electron chi connectivity index (χ4n) is 2.45. The van der Waals surface area contributed by atoms with Crippen molar-refractivity contribution < 1.29 is 9.53 Å². The molecule has 0 radical (unpaired) electrons. The van der Waals surface area contributed by atoms with Crippen LogP contribution in [0.15, 0.2) is 18.2 Å². The molecule has 1 amide bonds. The number of nitrogens with zero attached hydrogens (tertiary/aromatic N) is 1. The van der Waals surface area contributed by atoms with Crippen LogP contribution in [0.3, 0.4) is 0 Å². The summed E-state index contributed by atoms with van der Waals surface area (Å²) in [6.45, 7) is 5.75. The number of anilines is 2. The fourth-order valence-corrected chi connectivity index (χ4v) is 2.45. The second-order valence-corrected chi connectivity index (χ2v) is 5.12. The van der Waals surface area contributed by atoms with E-state index in [1.54, 1.807) is 4.90 Å². The van der Waals surface area contributed by atoms with Gasteiger partial charge in [0.25, 0.3) is 0 Å². The molecule has 110 valence electrons. The van der Waals surface area contributed by atoms with Gasteiger partial charge < -0.3 is 20.7 Å². The average Bonchev–Trinajstić information content (AvgIpc) is 2.45. The molecule has 20 heavy (non-hydrogen) atoms. The number of rotatable bonds is 3. The van der Waals surface area contributed by atoms with Gasteiger partial charge in [-0.1, -0.05) is 6.07 Å². The predicted molar refractivity (Wildman–Crippen MR) is 80.8 cm³/mol. The van der Waals surface area contributed by atoms with Crippen molar-refractivity contribution in [3.63, 3.8) is 0 Å². The van der Waals surface area contributed by atoms with Gasteiger partial charge >= 0.3 is 6.09 Å². The van der Waals surface area contributed by atoms with Crippen LogP contribution in [0.25, 0.3) is 0 Å². The Labute approximate surface area is 120 Å². The number of benzene rings is 1. The summed E-state index contributed by atoms with van der Waals surface area (Å²) in [5.74, 6) is 0. The minimum Gasteiger partial charge on any atom is -0.450 e.